The van der Waals surface area contributed by atoms with E-state index in [1.807, 2.05) is 12.1 Å². The summed E-state index contributed by atoms with van der Waals surface area (Å²) in [7, 11) is 0. The van der Waals surface area contributed by atoms with Crippen LogP contribution in [0.5, 0.6) is 0 Å². The van der Waals surface area contributed by atoms with Gasteiger partial charge in [-0.25, -0.2) is 0 Å². The fourth-order valence-corrected chi connectivity index (χ4v) is 3.15. The van der Waals surface area contributed by atoms with E-state index in [0.29, 0.717) is 0 Å². The minimum absolute atomic E-state index is 0.118. The van der Waals surface area contributed by atoms with Crippen LogP contribution in [-0.2, 0) is 6.42 Å². The van der Waals surface area contributed by atoms with Crippen LogP contribution >= 0.6 is 15.9 Å². The van der Waals surface area contributed by atoms with Crippen LogP contribution in [0.2, 0.25) is 0 Å². The topological polar surface area (TPSA) is 38.0 Å². The molecule has 1 atom stereocenters. The van der Waals surface area contributed by atoms with E-state index in [4.69, 9.17) is 5.84 Å². The lowest BCUT2D eigenvalue weighted by Crippen LogP contribution is -2.30. The van der Waals surface area contributed by atoms with E-state index in [0.717, 1.165) is 10.9 Å². The molecule has 0 aliphatic carbocycles. The lowest BCUT2D eigenvalue weighted by molar-refractivity contribution is 0.549. The van der Waals surface area contributed by atoms with Gasteiger partial charge in [0.1, 0.15) is 0 Å². The zero-order chi connectivity index (χ0) is 14.7. The Morgan fingerprint density at radius 1 is 1.10 bits per heavy atom. The van der Waals surface area contributed by atoms with Gasteiger partial charge >= 0.3 is 0 Å². The number of rotatable bonds is 4. The van der Waals surface area contributed by atoms with Crippen LogP contribution in [0.15, 0.2) is 40.9 Å². The maximum absolute atomic E-state index is 5.77. The second-order valence-electron chi connectivity index (χ2n) is 5.36. The summed E-state index contributed by atoms with van der Waals surface area (Å²) in [6, 6.07) is 12.9. The van der Waals surface area contributed by atoms with E-state index in [1.165, 1.54) is 27.8 Å². The predicted octanol–water partition coefficient (Wildman–Crippen LogP) is 4.12. The van der Waals surface area contributed by atoms with Gasteiger partial charge in [-0.05, 0) is 61.6 Å². The van der Waals surface area contributed by atoms with Crippen molar-refractivity contribution in [1.82, 2.24) is 5.43 Å². The standard InChI is InChI=1S/C17H21BrN2/c1-11-7-12(2)16(13(3)8-11)10-17(20-19)14-5-4-6-15(18)9-14/h4-9,17,20H,10,19H2,1-3H3. The highest BCUT2D eigenvalue weighted by Crippen LogP contribution is 2.25. The third kappa shape index (κ3) is 3.48. The van der Waals surface area contributed by atoms with Crippen LogP contribution in [0.25, 0.3) is 0 Å². The first-order valence-electron chi connectivity index (χ1n) is 6.79. The van der Waals surface area contributed by atoms with Gasteiger partial charge in [0, 0.05) is 4.47 Å². The van der Waals surface area contributed by atoms with Crippen LogP contribution in [0.4, 0.5) is 0 Å². The molecule has 0 saturated heterocycles. The average molecular weight is 333 g/mol. The molecule has 0 heterocycles. The lowest BCUT2D eigenvalue weighted by atomic mass is 9.92. The molecule has 3 N–H and O–H groups in total. The Kier molecular flexibility index (Phi) is 4.97. The van der Waals surface area contributed by atoms with Gasteiger partial charge in [0.2, 0.25) is 0 Å². The molecule has 2 nitrogen and oxygen atoms in total. The largest absolute Gasteiger partial charge is 0.271 e. The van der Waals surface area contributed by atoms with Crippen molar-refractivity contribution in [2.75, 3.05) is 0 Å². The first-order valence-corrected chi connectivity index (χ1v) is 7.59. The molecule has 1 unspecified atom stereocenters. The van der Waals surface area contributed by atoms with E-state index in [2.05, 4.69) is 66.4 Å². The summed E-state index contributed by atoms with van der Waals surface area (Å²) >= 11 is 3.51. The van der Waals surface area contributed by atoms with Gasteiger partial charge in [-0.2, -0.15) is 0 Å². The molecule has 0 radical (unpaired) electrons. The van der Waals surface area contributed by atoms with Crippen molar-refractivity contribution < 1.29 is 0 Å². The van der Waals surface area contributed by atoms with E-state index < -0.39 is 0 Å². The molecule has 0 aliphatic heterocycles. The third-order valence-electron chi connectivity index (χ3n) is 3.70. The van der Waals surface area contributed by atoms with Gasteiger partial charge < -0.3 is 0 Å². The van der Waals surface area contributed by atoms with Gasteiger partial charge in [-0.1, -0.05) is 45.8 Å². The summed E-state index contributed by atoms with van der Waals surface area (Å²) in [5, 5.41) is 0. The molecule has 106 valence electrons. The molecule has 0 aromatic heterocycles. The summed E-state index contributed by atoms with van der Waals surface area (Å²) in [6.45, 7) is 6.48. The zero-order valence-corrected chi connectivity index (χ0v) is 13.8. The monoisotopic (exact) mass is 332 g/mol. The normalized spacial score (nSPS) is 12.4. The van der Waals surface area contributed by atoms with Gasteiger partial charge in [0.15, 0.2) is 0 Å². The van der Waals surface area contributed by atoms with Crippen LogP contribution in [-0.4, -0.2) is 0 Å². The molecular formula is C17H21BrN2. The van der Waals surface area contributed by atoms with E-state index >= 15 is 0 Å². The highest BCUT2D eigenvalue weighted by Gasteiger charge is 2.14. The fourth-order valence-electron chi connectivity index (χ4n) is 2.73. The molecule has 0 aliphatic rings. The SMILES string of the molecule is Cc1cc(C)c(CC(NN)c2cccc(Br)c2)c(C)c1. The predicted molar refractivity (Wildman–Crippen MR) is 88.6 cm³/mol. The fraction of sp³-hybridized carbons (Fsp3) is 0.294. The average Bonchev–Trinajstić information content (AvgIpc) is 2.38. The van der Waals surface area contributed by atoms with Crippen LogP contribution in [0.1, 0.15) is 33.9 Å². The van der Waals surface area contributed by atoms with E-state index in [1.54, 1.807) is 0 Å². The lowest BCUT2D eigenvalue weighted by Gasteiger charge is -2.20. The number of benzene rings is 2. The Hall–Kier alpha value is -1.16. The summed E-state index contributed by atoms with van der Waals surface area (Å²) in [5.74, 6) is 5.77. The molecule has 2 rings (SSSR count). The van der Waals surface area contributed by atoms with Gasteiger partial charge in [-0.15, -0.1) is 0 Å². The molecule has 2 aromatic carbocycles. The van der Waals surface area contributed by atoms with Crippen molar-refractivity contribution >= 4 is 15.9 Å². The summed E-state index contributed by atoms with van der Waals surface area (Å²) < 4.78 is 1.08. The first-order chi connectivity index (χ1) is 9.51. The Morgan fingerprint density at radius 3 is 2.30 bits per heavy atom. The number of hydrogen-bond acceptors (Lipinski definition) is 2. The Balaban J connectivity index is 2.32. The summed E-state index contributed by atoms with van der Waals surface area (Å²) in [4.78, 5) is 0. The van der Waals surface area contributed by atoms with Gasteiger partial charge in [-0.3, -0.25) is 11.3 Å². The maximum atomic E-state index is 5.77. The quantitative estimate of drug-likeness (QED) is 0.652. The molecule has 0 bridgehead atoms. The number of nitrogens with one attached hydrogen (secondary N) is 1. The number of nitrogens with two attached hydrogens (primary N) is 1. The molecule has 3 heteroatoms. The summed E-state index contributed by atoms with van der Waals surface area (Å²) in [6.07, 6.45) is 0.894. The van der Waals surface area contributed by atoms with Crippen molar-refractivity contribution in [2.45, 2.75) is 33.2 Å². The Morgan fingerprint density at radius 2 is 1.75 bits per heavy atom. The number of aryl methyl sites for hydroxylation is 3. The molecule has 20 heavy (non-hydrogen) atoms. The molecule has 0 spiro atoms. The second kappa shape index (κ2) is 6.53. The Bertz CT molecular complexity index is 585. The first kappa shape index (κ1) is 15.2. The van der Waals surface area contributed by atoms with E-state index in [-0.39, 0.29) is 6.04 Å². The third-order valence-corrected chi connectivity index (χ3v) is 4.19. The van der Waals surface area contributed by atoms with Crippen molar-refractivity contribution in [3.8, 4) is 0 Å². The van der Waals surface area contributed by atoms with Crippen LogP contribution in [0, 0.1) is 20.8 Å². The van der Waals surface area contributed by atoms with Crippen molar-refractivity contribution in [1.29, 1.82) is 0 Å². The number of hydrazine groups is 1. The highest BCUT2D eigenvalue weighted by molar-refractivity contribution is 9.10. The van der Waals surface area contributed by atoms with E-state index in [9.17, 15) is 0 Å². The molecular weight excluding hydrogens is 312 g/mol. The minimum atomic E-state index is 0.118. The Labute approximate surface area is 129 Å². The van der Waals surface area contributed by atoms with Gasteiger partial charge in [0.05, 0.1) is 6.04 Å². The van der Waals surface area contributed by atoms with Crippen molar-refractivity contribution in [3.63, 3.8) is 0 Å². The number of hydrogen-bond donors (Lipinski definition) is 2. The molecule has 0 saturated carbocycles. The maximum Gasteiger partial charge on any atom is 0.0500 e. The molecule has 2 aromatic rings. The van der Waals surface area contributed by atoms with Gasteiger partial charge in [0.25, 0.3) is 0 Å². The second-order valence-corrected chi connectivity index (χ2v) is 6.27. The van der Waals surface area contributed by atoms with Crippen molar-refractivity contribution in [2.24, 2.45) is 5.84 Å². The molecule has 0 amide bonds. The zero-order valence-electron chi connectivity index (χ0n) is 12.2. The van der Waals surface area contributed by atoms with Crippen LogP contribution in [0.3, 0.4) is 0 Å². The van der Waals surface area contributed by atoms with Crippen molar-refractivity contribution in [3.05, 3.63) is 68.7 Å². The highest BCUT2D eigenvalue weighted by atomic mass is 79.9. The number of halogens is 1. The minimum Gasteiger partial charge on any atom is -0.271 e. The smallest absolute Gasteiger partial charge is 0.0500 e. The van der Waals surface area contributed by atoms with Crippen LogP contribution < -0.4 is 11.3 Å². The summed E-state index contributed by atoms with van der Waals surface area (Å²) in [5.41, 5.74) is 9.48. The molecule has 0 fully saturated rings.